The predicted octanol–water partition coefficient (Wildman–Crippen LogP) is 5.12. The number of aromatic nitrogens is 1. The van der Waals surface area contributed by atoms with Crippen LogP contribution in [0.3, 0.4) is 0 Å². The Morgan fingerprint density at radius 3 is 2.75 bits per heavy atom. The van der Waals surface area contributed by atoms with E-state index in [1.54, 1.807) is 6.07 Å². The highest BCUT2D eigenvalue weighted by atomic mass is 35.5. The first kappa shape index (κ1) is 13.6. The topological polar surface area (TPSA) is 24.9 Å². The van der Waals surface area contributed by atoms with Crippen LogP contribution in [0.1, 0.15) is 44.2 Å². The Morgan fingerprint density at radius 2 is 2.05 bits per heavy atom. The minimum atomic E-state index is -0.405. The zero-order chi connectivity index (χ0) is 14.1. The number of hydrogen-bond donors (Lipinski definition) is 1. The normalized spacial score (nSPS) is 15.9. The van der Waals surface area contributed by atoms with Gasteiger partial charge in [-0.05, 0) is 31.9 Å². The molecule has 0 spiro atoms. The summed E-state index contributed by atoms with van der Waals surface area (Å²) in [6.45, 7) is 2.87. The summed E-state index contributed by atoms with van der Waals surface area (Å²) < 4.78 is 13.7. The van der Waals surface area contributed by atoms with Crippen LogP contribution in [0.4, 0.5) is 10.1 Å². The van der Waals surface area contributed by atoms with Crippen LogP contribution >= 0.6 is 11.6 Å². The maximum absolute atomic E-state index is 13.7. The van der Waals surface area contributed by atoms with E-state index in [2.05, 4.69) is 16.4 Å². The van der Waals surface area contributed by atoms with Gasteiger partial charge in [0.25, 0.3) is 0 Å². The Labute approximate surface area is 123 Å². The van der Waals surface area contributed by atoms with Crippen molar-refractivity contribution in [1.29, 1.82) is 0 Å². The monoisotopic (exact) mass is 292 g/mol. The third kappa shape index (κ3) is 2.47. The van der Waals surface area contributed by atoms with E-state index in [0.29, 0.717) is 11.4 Å². The first-order valence-electron chi connectivity index (χ1n) is 7.22. The van der Waals surface area contributed by atoms with Gasteiger partial charge in [-0.2, -0.15) is 0 Å². The van der Waals surface area contributed by atoms with Crippen molar-refractivity contribution in [3.8, 4) is 0 Å². The van der Waals surface area contributed by atoms with Crippen molar-refractivity contribution >= 4 is 28.2 Å². The van der Waals surface area contributed by atoms with Crippen LogP contribution in [0, 0.1) is 5.82 Å². The number of anilines is 1. The summed E-state index contributed by atoms with van der Waals surface area (Å²) in [5, 5.41) is 4.37. The van der Waals surface area contributed by atoms with E-state index in [1.807, 2.05) is 6.92 Å². The summed E-state index contributed by atoms with van der Waals surface area (Å²) in [5.74, 6) is 0.105. The largest absolute Gasteiger partial charge is 0.385 e. The van der Waals surface area contributed by atoms with E-state index in [-0.39, 0.29) is 5.02 Å². The summed E-state index contributed by atoms with van der Waals surface area (Å²) >= 11 is 5.90. The standard InChI is InChI=1S/C16H18ClFN2/c1-2-19-15-9-14(10-5-3-4-6-10)20-16-8-13(18)12(17)7-11(15)16/h7-10H,2-6H2,1H3,(H,19,20). The minimum Gasteiger partial charge on any atom is -0.385 e. The van der Waals surface area contributed by atoms with E-state index in [0.717, 1.165) is 23.3 Å². The molecule has 1 aromatic heterocycles. The number of benzene rings is 1. The van der Waals surface area contributed by atoms with Crippen LogP contribution in [0.2, 0.25) is 5.02 Å². The Kier molecular flexibility index (Phi) is 3.79. The van der Waals surface area contributed by atoms with Gasteiger partial charge in [0, 0.05) is 35.3 Å². The molecule has 1 aliphatic carbocycles. The molecular formula is C16H18ClFN2. The third-order valence-electron chi connectivity index (χ3n) is 4.01. The van der Waals surface area contributed by atoms with Crippen LogP contribution in [-0.4, -0.2) is 11.5 Å². The fourth-order valence-corrected chi connectivity index (χ4v) is 3.17. The van der Waals surface area contributed by atoms with Gasteiger partial charge in [-0.25, -0.2) is 4.39 Å². The molecule has 20 heavy (non-hydrogen) atoms. The summed E-state index contributed by atoms with van der Waals surface area (Å²) in [6.07, 6.45) is 4.88. The molecule has 0 aliphatic heterocycles. The molecule has 2 nitrogen and oxygen atoms in total. The van der Waals surface area contributed by atoms with E-state index >= 15 is 0 Å². The van der Waals surface area contributed by atoms with Crippen LogP contribution in [0.25, 0.3) is 10.9 Å². The predicted molar refractivity (Wildman–Crippen MR) is 82.1 cm³/mol. The van der Waals surface area contributed by atoms with Crippen molar-refractivity contribution in [2.24, 2.45) is 0 Å². The summed E-state index contributed by atoms with van der Waals surface area (Å²) in [5.41, 5.74) is 2.77. The number of hydrogen-bond acceptors (Lipinski definition) is 2. The third-order valence-corrected chi connectivity index (χ3v) is 4.30. The number of fused-ring (bicyclic) bond motifs is 1. The number of rotatable bonds is 3. The SMILES string of the molecule is CCNc1cc(C2CCCC2)nc2cc(F)c(Cl)cc12. The second-order valence-electron chi connectivity index (χ2n) is 5.39. The number of pyridine rings is 1. The van der Waals surface area contributed by atoms with Gasteiger partial charge >= 0.3 is 0 Å². The second-order valence-corrected chi connectivity index (χ2v) is 5.80. The molecule has 1 aromatic carbocycles. The minimum absolute atomic E-state index is 0.145. The van der Waals surface area contributed by atoms with Gasteiger partial charge in [-0.3, -0.25) is 4.98 Å². The van der Waals surface area contributed by atoms with Gasteiger partial charge < -0.3 is 5.32 Å². The molecule has 0 unspecified atom stereocenters. The lowest BCUT2D eigenvalue weighted by molar-refractivity contribution is 0.629. The average molecular weight is 293 g/mol. The first-order chi connectivity index (χ1) is 9.69. The molecular weight excluding hydrogens is 275 g/mol. The molecule has 0 bridgehead atoms. The fraction of sp³-hybridized carbons (Fsp3) is 0.438. The molecule has 1 N–H and O–H groups in total. The lowest BCUT2D eigenvalue weighted by Gasteiger charge is -2.14. The Hall–Kier alpha value is -1.35. The van der Waals surface area contributed by atoms with Crippen LogP contribution in [0.5, 0.6) is 0 Å². The molecule has 0 saturated heterocycles. The molecule has 0 radical (unpaired) electrons. The van der Waals surface area contributed by atoms with E-state index in [1.165, 1.54) is 31.7 Å². The molecule has 106 valence electrons. The second kappa shape index (κ2) is 5.57. The van der Waals surface area contributed by atoms with Crippen molar-refractivity contribution in [2.75, 3.05) is 11.9 Å². The number of halogens is 2. The lowest BCUT2D eigenvalue weighted by Crippen LogP contribution is -2.03. The number of nitrogens with one attached hydrogen (secondary N) is 1. The Balaban J connectivity index is 2.16. The molecule has 3 rings (SSSR count). The zero-order valence-electron chi connectivity index (χ0n) is 11.5. The van der Waals surface area contributed by atoms with Crippen molar-refractivity contribution in [3.05, 3.63) is 34.7 Å². The van der Waals surface area contributed by atoms with E-state index in [9.17, 15) is 4.39 Å². The van der Waals surface area contributed by atoms with Gasteiger partial charge in [0.05, 0.1) is 10.5 Å². The lowest BCUT2D eigenvalue weighted by atomic mass is 10.0. The molecule has 1 saturated carbocycles. The van der Waals surface area contributed by atoms with Crippen molar-refractivity contribution in [1.82, 2.24) is 4.98 Å². The van der Waals surface area contributed by atoms with Crippen LogP contribution < -0.4 is 5.32 Å². The maximum Gasteiger partial charge on any atom is 0.143 e. The average Bonchev–Trinajstić information content (AvgIpc) is 2.95. The van der Waals surface area contributed by atoms with Crippen LogP contribution in [-0.2, 0) is 0 Å². The van der Waals surface area contributed by atoms with Gasteiger partial charge in [-0.15, -0.1) is 0 Å². The molecule has 0 atom stereocenters. The van der Waals surface area contributed by atoms with E-state index in [4.69, 9.17) is 11.6 Å². The zero-order valence-corrected chi connectivity index (χ0v) is 12.3. The van der Waals surface area contributed by atoms with Crippen molar-refractivity contribution < 1.29 is 4.39 Å². The smallest absolute Gasteiger partial charge is 0.143 e. The van der Waals surface area contributed by atoms with Gasteiger partial charge in [-0.1, -0.05) is 24.4 Å². The molecule has 0 amide bonds. The summed E-state index contributed by atoms with van der Waals surface area (Å²) in [6, 6.07) is 5.21. The fourth-order valence-electron chi connectivity index (χ4n) is 3.01. The number of nitrogens with zero attached hydrogens (tertiary/aromatic N) is 1. The highest BCUT2D eigenvalue weighted by molar-refractivity contribution is 6.31. The van der Waals surface area contributed by atoms with Crippen LogP contribution in [0.15, 0.2) is 18.2 Å². The van der Waals surface area contributed by atoms with Crippen molar-refractivity contribution in [2.45, 2.75) is 38.5 Å². The quantitative estimate of drug-likeness (QED) is 0.849. The van der Waals surface area contributed by atoms with Crippen molar-refractivity contribution in [3.63, 3.8) is 0 Å². The van der Waals surface area contributed by atoms with Gasteiger partial charge in [0.15, 0.2) is 0 Å². The first-order valence-corrected chi connectivity index (χ1v) is 7.60. The Morgan fingerprint density at radius 1 is 1.30 bits per heavy atom. The highest BCUT2D eigenvalue weighted by Gasteiger charge is 2.20. The molecule has 2 aromatic rings. The summed E-state index contributed by atoms with van der Waals surface area (Å²) in [4.78, 5) is 4.66. The Bertz CT molecular complexity index is 636. The highest BCUT2D eigenvalue weighted by Crippen LogP contribution is 2.36. The molecule has 1 fully saturated rings. The summed E-state index contributed by atoms with van der Waals surface area (Å²) in [7, 11) is 0. The molecule has 4 heteroatoms. The van der Waals surface area contributed by atoms with E-state index < -0.39 is 5.82 Å². The van der Waals surface area contributed by atoms with Gasteiger partial charge in [0.1, 0.15) is 5.82 Å². The molecule has 1 aliphatic rings. The molecule has 1 heterocycles. The maximum atomic E-state index is 13.7. The van der Waals surface area contributed by atoms with Gasteiger partial charge in [0.2, 0.25) is 0 Å².